The quantitative estimate of drug-likeness (QED) is 0.689. The van der Waals surface area contributed by atoms with Gasteiger partial charge in [-0.2, -0.15) is 0 Å². The topological polar surface area (TPSA) is 18.5 Å². The van der Waals surface area contributed by atoms with Gasteiger partial charge in [0, 0.05) is 6.42 Å². The van der Waals surface area contributed by atoms with E-state index < -0.39 is 0 Å². The predicted octanol–water partition coefficient (Wildman–Crippen LogP) is 3.07. The third kappa shape index (κ3) is 2.46. The largest absolute Gasteiger partial charge is 0.348 e. The Bertz CT molecular complexity index is 332. The first-order chi connectivity index (χ1) is 7.27. The molecule has 1 fully saturated rings. The van der Waals surface area contributed by atoms with E-state index in [-0.39, 0.29) is 12.2 Å². The molecule has 2 atom stereocenters. The van der Waals surface area contributed by atoms with Gasteiger partial charge in [-0.1, -0.05) is 42.5 Å². The van der Waals surface area contributed by atoms with Crippen molar-refractivity contribution in [2.24, 2.45) is 0 Å². The van der Waals surface area contributed by atoms with E-state index in [1.54, 1.807) is 0 Å². The molecule has 0 aliphatic carbocycles. The van der Waals surface area contributed by atoms with Crippen molar-refractivity contribution in [3.05, 3.63) is 48.0 Å². The zero-order chi connectivity index (χ0) is 10.7. The van der Waals surface area contributed by atoms with Crippen molar-refractivity contribution in [1.29, 1.82) is 0 Å². The number of hydrogen-bond acceptors (Lipinski definition) is 2. The Morgan fingerprint density at radius 3 is 2.67 bits per heavy atom. The molecular weight excluding hydrogens is 188 g/mol. The Labute approximate surface area is 90.5 Å². The average molecular weight is 204 g/mol. The molecule has 2 rings (SSSR count). The van der Waals surface area contributed by atoms with Crippen LogP contribution in [0.5, 0.6) is 0 Å². The van der Waals surface area contributed by atoms with E-state index >= 15 is 0 Å². The van der Waals surface area contributed by atoms with Gasteiger partial charge in [0.2, 0.25) is 0 Å². The van der Waals surface area contributed by atoms with E-state index in [9.17, 15) is 0 Å². The van der Waals surface area contributed by atoms with Crippen molar-refractivity contribution in [3.63, 3.8) is 0 Å². The molecule has 0 saturated carbocycles. The van der Waals surface area contributed by atoms with Gasteiger partial charge in [0.05, 0.1) is 12.2 Å². The summed E-state index contributed by atoms with van der Waals surface area (Å²) in [5.74, 6) is 0. The Balaban J connectivity index is 2.08. The van der Waals surface area contributed by atoms with Gasteiger partial charge in [-0.15, -0.1) is 0 Å². The molecule has 0 radical (unpaired) electrons. The Hall–Kier alpha value is -1.12. The zero-order valence-corrected chi connectivity index (χ0v) is 8.98. The summed E-state index contributed by atoms with van der Waals surface area (Å²) in [5.41, 5.74) is 2.28. The second-order valence-corrected chi connectivity index (χ2v) is 3.92. The van der Waals surface area contributed by atoms with Gasteiger partial charge < -0.3 is 9.47 Å². The lowest BCUT2D eigenvalue weighted by Crippen LogP contribution is -2.27. The Kier molecular flexibility index (Phi) is 3.19. The highest BCUT2D eigenvalue weighted by atomic mass is 16.7. The van der Waals surface area contributed by atoms with Crippen LogP contribution in [-0.4, -0.2) is 12.9 Å². The van der Waals surface area contributed by atoms with Crippen LogP contribution < -0.4 is 0 Å². The van der Waals surface area contributed by atoms with Crippen LogP contribution in [0.25, 0.3) is 0 Å². The first-order valence-corrected chi connectivity index (χ1v) is 5.21. The second-order valence-electron chi connectivity index (χ2n) is 3.92. The first-order valence-electron chi connectivity index (χ1n) is 5.21. The number of benzene rings is 1. The summed E-state index contributed by atoms with van der Waals surface area (Å²) in [5, 5.41) is 0. The maximum atomic E-state index is 5.58. The van der Waals surface area contributed by atoms with Gasteiger partial charge in [-0.25, -0.2) is 0 Å². The molecule has 0 amide bonds. The molecule has 0 bridgehead atoms. The van der Waals surface area contributed by atoms with E-state index in [1.165, 1.54) is 5.56 Å². The van der Waals surface area contributed by atoms with Crippen molar-refractivity contribution in [2.45, 2.75) is 25.6 Å². The molecule has 1 aliphatic rings. The highest BCUT2D eigenvalue weighted by Gasteiger charge is 2.24. The minimum atomic E-state index is 0.129. The van der Waals surface area contributed by atoms with Crippen LogP contribution >= 0.6 is 0 Å². The minimum absolute atomic E-state index is 0.129. The molecule has 1 heterocycles. The summed E-state index contributed by atoms with van der Waals surface area (Å²) in [6.45, 7) is 6.28. The van der Waals surface area contributed by atoms with Crippen molar-refractivity contribution in [3.8, 4) is 0 Å². The Morgan fingerprint density at radius 1 is 1.27 bits per heavy atom. The molecule has 0 spiro atoms. The number of rotatable bonds is 2. The van der Waals surface area contributed by atoms with E-state index in [0.29, 0.717) is 6.79 Å². The lowest BCUT2D eigenvalue weighted by atomic mass is 9.99. The fourth-order valence-electron chi connectivity index (χ4n) is 1.78. The molecule has 15 heavy (non-hydrogen) atoms. The van der Waals surface area contributed by atoms with Gasteiger partial charge >= 0.3 is 0 Å². The smallest absolute Gasteiger partial charge is 0.148 e. The van der Waals surface area contributed by atoms with Crippen LogP contribution in [0, 0.1) is 0 Å². The average Bonchev–Trinajstić information content (AvgIpc) is 2.30. The fraction of sp³-hybridized carbons (Fsp3) is 0.385. The molecule has 2 nitrogen and oxygen atoms in total. The SMILES string of the molecule is C=C(C)[C@@H]1C[C@H](c2ccccc2)OCO1. The normalized spacial score (nSPS) is 26.2. The van der Waals surface area contributed by atoms with Crippen molar-refractivity contribution in [2.75, 3.05) is 6.79 Å². The molecule has 1 aromatic rings. The van der Waals surface area contributed by atoms with Gasteiger partial charge in [-0.05, 0) is 12.5 Å². The van der Waals surface area contributed by atoms with Gasteiger partial charge in [0.25, 0.3) is 0 Å². The van der Waals surface area contributed by atoms with Gasteiger partial charge in [-0.3, -0.25) is 0 Å². The maximum Gasteiger partial charge on any atom is 0.148 e. The van der Waals surface area contributed by atoms with E-state index in [1.807, 2.05) is 25.1 Å². The summed E-state index contributed by atoms with van der Waals surface area (Å²) in [6, 6.07) is 10.3. The summed E-state index contributed by atoms with van der Waals surface area (Å²) >= 11 is 0. The molecule has 0 unspecified atom stereocenters. The summed E-state index contributed by atoms with van der Waals surface area (Å²) in [6.07, 6.45) is 1.13. The summed E-state index contributed by atoms with van der Waals surface area (Å²) in [4.78, 5) is 0. The highest BCUT2D eigenvalue weighted by molar-refractivity contribution is 5.18. The molecular formula is C13H16O2. The van der Waals surface area contributed by atoms with Crippen LogP contribution in [0.1, 0.15) is 25.0 Å². The molecule has 0 aromatic heterocycles. The van der Waals surface area contributed by atoms with Crippen LogP contribution in [0.2, 0.25) is 0 Å². The molecule has 1 saturated heterocycles. The van der Waals surface area contributed by atoms with E-state index in [2.05, 4.69) is 18.7 Å². The van der Waals surface area contributed by atoms with Crippen LogP contribution in [0.3, 0.4) is 0 Å². The monoisotopic (exact) mass is 204 g/mol. The van der Waals surface area contributed by atoms with E-state index in [0.717, 1.165) is 12.0 Å². The standard InChI is InChI=1S/C13H16O2/c1-10(2)12-8-13(15-9-14-12)11-6-4-3-5-7-11/h3-7,12-13H,1,8-9H2,2H3/t12-,13+/m0/s1. The lowest BCUT2D eigenvalue weighted by Gasteiger charge is -2.30. The van der Waals surface area contributed by atoms with Gasteiger partial charge in [0.15, 0.2) is 0 Å². The number of hydrogen-bond donors (Lipinski definition) is 0. The van der Waals surface area contributed by atoms with Gasteiger partial charge in [0.1, 0.15) is 6.79 Å². The predicted molar refractivity (Wildman–Crippen MR) is 59.4 cm³/mol. The van der Waals surface area contributed by atoms with E-state index in [4.69, 9.17) is 9.47 Å². The molecule has 1 aromatic carbocycles. The molecule has 80 valence electrons. The fourth-order valence-corrected chi connectivity index (χ4v) is 1.78. The highest BCUT2D eigenvalue weighted by Crippen LogP contribution is 2.29. The third-order valence-electron chi connectivity index (χ3n) is 2.69. The van der Waals surface area contributed by atoms with Crippen LogP contribution in [0.15, 0.2) is 42.5 Å². The summed E-state index contributed by atoms with van der Waals surface area (Å²) in [7, 11) is 0. The molecule has 2 heteroatoms. The van der Waals surface area contributed by atoms with Crippen molar-refractivity contribution < 1.29 is 9.47 Å². The van der Waals surface area contributed by atoms with Crippen molar-refractivity contribution >= 4 is 0 Å². The maximum absolute atomic E-state index is 5.58. The number of ether oxygens (including phenoxy) is 2. The minimum Gasteiger partial charge on any atom is -0.348 e. The van der Waals surface area contributed by atoms with Crippen molar-refractivity contribution in [1.82, 2.24) is 0 Å². The third-order valence-corrected chi connectivity index (χ3v) is 2.69. The second kappa shape index (κ2) is 4.60. The zero-order valence-electron chi connectivity index (χ0n) is 8.98. The van der Waals surface area contributed by atoms with Crippen LogP contribution in [-0.2, 0) is 9.47 Å². The first kappa shape index (κ1) is 10.4. The lowest BCUT2D eigenvalue weighted by molar-refractivity contribution is -0.166. The molecule has 1 aliphatic heterocycles. The van der Waals surface area contributed by atoms with Crippen LogP contribution in [0.4, 0.5) is 0 Å². The summed E-state index contributed by atoms with van der Waals surface area (Å²) < 4.78 is 11.1. The molecule has 0 N–H and O–H groups in total. The Morgan fingerprint density at radius 2 is 2.00 bits per heavy atom.